The summed E-state index contributed by atoms with van der Waals surface area (Å²) in [5.74, 6) is 0.237. The van der Waals surface area contributed by atoms with Crippen LogP contribution in [-0.4, -0.2) is 41.2 Å². The largest absolute Gasteiger partial charge is 0.490 e. The summed E-state index contributed by atoms with van der Waals surface area (Å²) in [5, 5.41) is 2.20. The Labute approximate surface area is 205 Å². The van der Waals surface area contributed by atoms with Crippen LogP contribution in [0.1, 0.15) is 32.8 Å². The molecule has 0 bridgehead atoms. The Morgan fingerprint density at radius 1 is 1.15 bits per heavy atom. The highest BCUT2D eigenvalue weighted by Crippen LogP contribution is 2.35. The Morgan fingerprint density at radius 2 is 1.88 bits per heavy atom. The SMILES string of the molecule is CCOc1cc(/C=C2/SC(=O)N(CC(=O)Nc3ccc(Br)cc3)C2=O)ccc1O[C@@H](C)CC. The molecule has 7 nitrogen and oxygen atoms in total. The number of halogens is 1. The molecule has 2 aromatic rings. The van der Waals surface area contributed by atoms with Crippen LogP contribution in [0.25, 0.3) is 6.08 Å². The summed E-state index contributed by atoms with van der Waals surface area (Å²) in [6.07, 6.45) is 2.51. The zero-order valence-corrected chi connectivity index (χ0v) is 21.0. The van der Waals surface area contributed by atoms with E-state index in [1.807, 2.05) is 20.8 Å². The summed E-state index contributed by atoms with van der Waals surface area (Å²) in [7, 11) is 0. The fourth-order valence-electron chi connectivity index (χ4n) is 2.95. The average Bonchev–Trinajstić information content (AvgIpc) is 3.04. The zero-order chi connectivity index (χ0) is 24.0. The van der Waals surface area contributed by atoms with Gasteiger partial charge in [0, 0.05) is 10.2 Å². The minimum absolute atomic E-state index is 0.0371. The molecule has 1 fully saturated rings. The lowest BCUT2D eigenvalue weighted by Crippen LogP contribution is -2.36. The number of carbonyl (C=O) groups excluding carboxylic acids is 3. The molecule has 1 atom stereocenters. The molecule has 1 saturated heterocycles. The Bertz CT molecular complexity index is 1070. The second-order valence-corrected chi connectivity index (χ2v) is 9.21. The van der Waals surface area contributed by atoms with Gasteiger partial charge in [0.1, 0.15) is 6.54 Å². The first-order chi connectivity index (χ1) is 15.8. The highest BCUT2D eigenvalue weighted by Gasteiger charge is 2.36. The van der Waals surface area contributed by atoms with E-state index in [1.165, 1.54) is 0 Å². The first-order valence-corrected chi connectivity index (χ1v) is 12.2. The summed E-state index contributed by atoms with van der Waals surface area (Å²) in [4.78, 5) is 38.7. The second kappa shape index (κ2) is 11.4. The third-order valence-electron chi connectivity index (χ3n) is 4.77. The van der Waals surface area contributed by atoms with E-state index in [4.69, 9.17) is 9.47 Å². The molecule has 0 saturated carbocycles. The van der Waals surface area contributed by atoms with Gasteiger partial charge in [0.15, 0.2) is 11.5 Å². The normalized spacial score (nSPS) is 15.6. The van der Waals surface area contributed by atoms with Crippen molar-refractivity contribution in [2.24, 2.45) is 0 Å². The smallest absolute Gasteiger partial charge is 0.294 e. The number of amides is 3. The van der Waals surface area contributed by atoms with Crippen molar-refractivity contribution in [3.8, 4) is 11.5 Å². The van der Waals surface area contributed by atoms with Gasteiger partial charge in [-0.15, -0.1) is 0 Å². The number of rotatable bonds is 9. The van der Waals surface area contributed by atoms with Crippen molar-refractivity contribution < 1.29 is 23.9 Å². The molecule has 174 valence electrons. The van der Waals surface area contributed by atoms with E-state index < -0.39 is 17.1 Å². The van der Waals surface area contributed by atoms with Gasteiger partial charge in [-0.2, -0.15) is 0 Å². The number of anilines is 1. The molecule has 9 heteroatoms. The molecule has 1 heterocycles. The predicted molar refractivity (Wildman–Crippen MR) is 133 cm³/mol. The van der Waals surface area contributed by atoms with E-state index in [9.17, 15) is 14.4 Å². The monoisotopic (exact) mass is 532 g/mol. The predicted octanol–water partition coefficient (Wildman–Crippen LogP) is 5.70. The highest BCUT2D eigenvalue weighted by atomic mass is 79.9. The van der Waals surface area contributed by atoms with Crippen LogP contribution in [0.5, 0.6) is 11.5 Å². The van der Waals surface area contributed by atoms with Crippen molar-refractivity contribution in [2.45, 2.75) is 33.3 Å². The molecule has 2 aromatic carbocycles. The summed E-state index contributed by atoms with van der Waals surface area (Å²) >= 11 is 4.13. The number of nitrogens with one attached hydrogen (secondary N) is 1. The number of ether oxygens (including phenoxy) is 2. The van der Waals surface area contributed by atoms with Crippen molar-refractivity contribution in [3.63, 3.8) is 0 Å². The summed E-state index contributed by atoms with van der Waals surface area (Å²) in [5.41, 5.74) is 1.27. The molecule has 3 rings (SSSR count). The fraction of sp³-hybridized carbons (Fsp3) is 0.292. The van der Waals surface area contributed by atoms with Crippen LogP contribution >= 0.6 is 27.7 Å². The standard InChI is InChI=1S/C24H25BrN2O5S/c1-4-15(3)32-19-11-6-16(12-20(19)31-5-2)13-21-23(29)27(24(30)33-21)14-22(28)26-18-9-7-17(25)8-10-18/h6-13,15H,4-5,14H2,1-3H3,(H,26,28)/b21-13+/t15-/m0/s1. The van der Waals surface area contributed by atoms with Gasteiger partial charge in [-0.05, 0) is 80.1 Å². The molecule has 0 spiro atoms. The maximum Gasteiger partial charge on any atom is 0.294 e. The Kier molecular flexibility index (Phi) is 8.57. The number of hydrogen-bond acceptors (Lipinski definition) is 6. The topological polar surface area (TPSA) is 84.9 Å². The minimum atomic E-state index is -0.506. The van der Waals surface area contributed by atoms with Gasteiger partial charge in [-0.1, -0.05) is 28.9 Å². The fourth-order valence-corrected chi connectivity index (χ4v) is 4.05. The molecule has 3 amide bonds. The number of benzene rings is 2. The number of hydrogen-bond donors (Lipinski definition) is 1. The van der Waals surface area contributed by atoms with Crippen LogP contribution in [0.3, 0.4) is 0 Å². The second-order valence-electron chi connectivity index (χ2n) is 7.30. The summed E-state index contributed by atoms with van der Waals surface area (Å²) < 4.78 is 12.5. The molecular formula is C24H25BrN2O5S. The van der Waals surface area contributed by atoms with Gasteiger partial charge >= 0.3 is 0 Å². The van der Waals surface area contributed by atoms with Crippen LogP contribution in [-0.2, 0) is 9.59 Å². The Morgan fingerprint density at radius 3 is 2.55 bits per heavy atom. The number of thioether (sulfide) groups is 1. The van der Waals surface area contributed by atoms with Gasteiger partial charge in [0.25, 0.3) is 11.1 Å². The van der Waals surface area contributed by atoms with E-state index >= 15 is 0 Å². The number of nitrogens with zero attached hydrogens (tertiary/aromatic N) is 1. The van der Waals surface area contributed by atoms with Gasteiger partial charge in [-0.25, -0.2) is 0 Å². The molecule has 0 radical (unpaired) electrons. The molecule has 0 aliphatic carbocycles. The third kappa shape index (κ3) is 6.61. The molecular weight excluding hydrogens is 508 g/mol. The summed E-state index contributed by atoms with van der Waals surface area (Å²) in [6, 6.07) is 12.4. The van der Waals surface area contributed by atoms with Crippen LogP contribution in [0, 0.1) is 0 Å². The number of carbonyl (C=O) groups is 3. The van der Waals surface area contributed by atoms with E-state index in [0.717, 1.165) is 27.6 Å². The van der Waals surface area contributed by atoms with Crippen molar-refractivity contribution >= 4 is 56.5 Å². The quantitative estimate of drug-likeness (QED) is 0.417. The lowest BCUT2D eigenvalue weighted by atomic mass is 10.1. The first-order valence-electron chi connectivity index (χ1n) is 10.5. The Balaban J connectivity index is 1.72. The van der Waals surface area contributed by atoms with Crippen LogP contribution in [0.15, 0.2) is 51.8 Å². The maximum atomic E-state index is 12.8. The van der Waals surface area contributed by atoms with Crippen LogP contribution in [0.4, 0.5) is 10.5 Å². The van der Waals surface area contributed by atoms with Crippen molar-refractivity contribution in [2.75, 3.05) is 18.5 Å². The molecule has 33 heavy (non-hydrogen) atoms. The van der Waals surface area contributed by atoms with Crippen molar-refractivity contribution in [1.29, 1.82) is 0 Å². The highest BCUT2D eigenvalue weighted by molar-refractivity contribution is 9.10. The lowest BCUT2D eigenvalue weighted by molar-refractivity contribution is -0.127. The van der Waals surface area contributed by atoms with Gasteiger partial charge in [-0.3, -0.25) is 19.3 Å². The van der Waals surface area contributed by atoms with Gasteiger partial charge in [0.05, 0.1) is 17.6 Å². The van der Waals surface area contributed by atoms with Gasteiger partial charge in [0.2, 0.25) is 5.91 Å². The van der Waals surface area contributed by atoms with E-state index in [0.29, 0.717) is 29.4 Å². The van der Waals surface area contributed by atoms with E-state index in [1.54, 1.807) is 48.5 Å². The van der Waals surface area contributed by atoms with Gasteiger partial charge < -0.3 is 14.8 Å². The average molecular weight is 533 g/mol. The van der Waals surface area contributed by atoms with E-state index in [2.05, 4.69) is 21.2 Å². The van der Waals surface area contributed by atoms with E-state index in [-0.39, 0.29) is 17.6 Å². The minimum Gasteiger partial charge on any atom is -0.490 e. The first kappa shape index (κ1) is 24.9. The molecule has 1 aliphatic heterocycles. The molecule has 0 unspecified atom stereocenters. The molecule has 1 N–H and O–H groups in total. The van der Waals surface area contributed by atoms with Crippen molar-refractivity contribution in [1.82, 2.24) is 4.90 Å². The summed E-state index contributed by atoms with van der Waals surface area (Å²) in [6.45, 7) is 6.00. The maximum absolute atomic E-state index is 12.8. The third-order valence-corrected chi connectivity index (χ3v) is 6.21. The molecule has 0 aromatic heterocycles. The molecule has 1 aliphatic rings. The van der Waals surface area contributed by atoms with Crippen molar-refractivity contribution in [3.05, 3.63) is 57.4 Å². The van der Waals surface area contributed by atoms with Crippen LogP contribution in [0.2, 0.25) is 0 Å². The Hall–Kier alpha value is -2.78. The zero-order valence-electron chi connectivity index (χ0n) is 18.6. The lowest BCUT2D eigenvalue weighted by Gasteiger charge is -2.16. The van der Waals surface area contributed by atoms with Crippen LogP contribution < -0.4 is 14.8 Å². The number of imide groups is 1.